The summed E-state index contributed by atoms with van der Waals surface area (Å²) in [6.07, 6.45) is 2.66. The predicted molar refractivity (Wildman–Crippen MR) is 72.2 cm³/mol. The molecule has 0 unspecified atom stereocenters. The first kappa shape index (κ1) is 12.4. The molecule has 2 aromatic rings. The molecule has 0 aliphatic carbocycles. The van der Waals surface area contributed by atoms with Crippen LogP contribution in [0.2, 0.25) is 0 Å². The predicted octanol–water partition coefficient (Wildman–Crippen LogP) is 3.33. The minimum atomic E-state index is 0.643. The number of aryl methyl sites for hydroxylation is 1. The van der Waals surface area contributed by atoms with Crippen molar-refractivity contribution in [2.24, 2.45) is 0 Å². The fourth-order valence-corrected chi connectivity index (χ4v) is 2.00. The van der Waals surface area contributed by atoms with Crippen LogP contribution < -0.4 is 9.47 Å². The molecular weight excluding hydrogens is 226 g/mol. The highest BCUT2D eigenvalue weighted by Gasteiger charge is 2.09. The second-order valence-corrected chi connectivity index (χ2v) is 3.94. The third kappa shape index (κ3) is 2.30. The van der Waals surface area contributed by atoms with E-state index in [1.165, 1.54) is 5.56 Å². The van der Waals surface area contributed by atoms with Gasteiger partial charge in [-0.15, -0.1) is 0 Å². The van der Waals surface area contributed by atoms with E-state index in [-0.39, 0.29) is 0 Å². The second kappa shape index (κ2) is 5.54. The van der Waals surface area contributed by atoms with Gasteiger partial charge in [-0.05, 0) is 41.8 Å². The molecule has 0 saturated heterocycles. The zero-order valence-electron chi connectivity index (χ0n) is 10.9. The second-order valence-electron chi connectivity index (χ2n) is 3.94. The number of methoxy groups -OCH3 is 2. The number of pyridine rings is 1. The van der Waals surface area contributed by atoms with Gasteiger partial charge in [0.05, 0.1) is 14.2 Å². The standard InChI is InChI=1S/C15H17NO2/c1-4-11-10-12(7-8-14(11)17-2)13-6-5-9-16-15(13)18-3/h5-10H,4H2,1-3H3. The molecule has 1 aromatic carbocycles. The van der Waals surface area contributed by atoms with E-state index in [2.05, 4.69) is 18.0 Å². The highest BCUT2D eigenvalue weighted by atomic mass is 16.5. The molecule has 0 atom stereocenters. The fourth-order valence-electron chi connectivity index (χ4n) is 2.00. The molecule has 3 nitrogen and oxygen atoms in total. The molecule has 2 rings (SSSR count). The van der Waals surface area contributed by atoms with Crippen LogP contribution in [-0.4, -0.2) is 19.2 Å². The zero-order chi connectivity index (χ0) is 13.0. The van der Waals surface area contributed by atoms with Gasteiger partial charge < -0.3 is 9.47 Å². The van der Waals surface area contributed by atoms with Crippen molar-refractivity contribution in [1.82, 2.24) is 4.98 Å². The van der Waals surface area contributed by atoms with Crippen molar-refractivity contribution >= 4 is 0 Å². The van der Waals surface area contributed by atoms with Crippen LogP contribution in [0.3, 0.4) is 0 Å². The van der Waals surface area contributed by atoms with Gasteiger partial charge in [-0.25, -0.2) is 4.98 Å². The van der Waals surface area contributed by atoms with Crippen LogP contribution in [0.25, 0.3) is 11.1 Å². The highest BCUT2D eigenvalue weighted by molar-refractivity contribution is 5.70. The van der Waals surface area contributed by atoms with E-state index in [0.29, 0.717) is 5.88 Å². The van der Waals surface area contributed by atoms with Crippen LogP contribution in [0.4, 0.5) is 0 Å². The first-order valence-corrected chi connectivity index (χ1v) is 5.96. The van der Waals surface area contributed by atoms with E-state index < -0.39 is 0 Å². The third-order valence-corrected chi connectivity index (χ3v) is 2.94. The average Bonchev–Trinajstić information content (AvgIpc) is 2.46. The van der Waals surface area contributed by atoms with Crippen molar-refractivity contribution in [2.45, 2.75) is 13.3 Å². The summed E-state index contributed by atoms with van der Waals surface area (Å²) < 4.78 is 10.6. The van der Waals surface area contributed by atoms with Crippen molar-refractivity contribution in [3.05, 3.63) is 42.1 Å². The Kier molecular flexibility index (Phi) is 3.82. The van der Waals surface area contributed by atoms with Gasteiger partial charge in [-0.2, -0.15) is 0 Å². The molecule has 1 aromatic heterocycles. The largest absolute Gasteiger partial charge is 0.496 e. The maximum absolute atomic E-state index is 5.34. The quantitative estimate of drug-likeness (QED) is 0.825. The lowest BCUT2D eigenvalue weighted by atomic mass is 10.0. The third-order valence-electron chi connectivity index (χ3n) is 2.94. The lowest BCUT2D eigenvalue weighted by Gasteiger charge is -2.11. The molecule has 0 aliphatic heterocycles. The molecule has 0 radical (unpaired) electrons. The Bertz CT molecular complexity index is 538. The average molecular weight is 243 g/mol. The maximum Gasteiger partial charge on any atom is 0.221 e. The molecule has 1 heterocycles. The van der Waals surface area contributed by atoms with Crippen LogP contribution in [0.5, 0.6) is 11.6 Å². The molecular formula is C15H17NO2. The van der Waals surface area contributed by atoms with E-state index in [1.807, 2.05) is 24.3 Å². The zero-order valence-corrected chi connectivity index (χ0v) is 10.9. The van der Waals surface area contributed by atoms with E-state index >= 15 is 0 Å². The fraction of sp³-hybridized carbons (Fsp3) is 0.267. The Labute approximate surface area is 107 Å². The number of benzene rings is 1. The van der Waals surface area contributed by atoms with Gasteiger partial charge in [-0.1, -0.05) is 13.0 Å². The molecule has 0 amide bonds. The number of hydrogen-bond acceptors (Lipinski definition) is 3. The number of nitrogens with zero attached hydrogens (tertiary/aromatic N) is 1. The van der Waals surface area contributed by atoms with Gasteiger partial charge in [0, 0.05) is 11.8 Å². The summed E-state index contributed by atoms with van der Waals surface area (Å²) in [5.74, 6) is 1.56. The van der Waals surface area contributed by atoms with Crippen molar-refractivity contribution in [3.8, 4) is 22.8 Å². The molecule has 0 saturated carbocycles. The Hall–Kier alpha value is -2.03. The Morgan fingerprint density at radius 3 is 2.61 bits per heavy atom. The normalized spacial score (nSPS) is 10.2. The van der Waals surface area contributed by atoms with Crippen molar-refractivity contribution in [1.29, 1.82) is 0 Å². The summed E-state index contributed by atoms with van der Waals surface area (Å²) in [6, 6.07) is 10.1. The van der Waals surface area contributed by atoms with Crippen molar-refractivity contribution in [3.63, 3.8) is 0 Å². The van der Waals surface area contributed by atoms with E-state index in [4.69, 9.17) is 9.47 Å². The number of hydrogen-bond donors (Lipinski definition) is 0. The molecule has 18 heavy (non-hydrogen) atoms. The summed E-state index contributed by atoms with van der Waals surface area (Å²) in [5.41, 5.74) is 3.27. The molecule has 94 valence electrons. The summed E-state index contributed by atoms with van der Waals surface area (Å²) >= 11 is 0. The Morgan fingerprint density at radius 1 is 1.11 bits per heavy atom. The van der Waals surface area contributed by atoms with Crippen LogP contribution in [0.15, 0.2) is 36.5 Å². The van der Waals surface area contributed by atoms with Gasteiger partial charge in [0.2, 0.25) is 5.88 Å². The van der Waals surface area contributed by atoms with Crippen molar-refractivity contribution in [2.75, 3.05) is 14.2 Å². The molecule has 0 spiro atoms. The Morgan fingerprint density at radius 2 is 1.94 bits per heavy atom. The monoisotopic (exact) mass is 243 g/mol. The van der Waals surface area contributed by atoms with Crippen LogP contribution in [0, 0.1) is 0 Å². The molecule has 0 fully saturated rings. The molecule has 0 bridgehead atoms. The number of ether oxygens (including phenoxy) is 2. The number of aromatic nitrogens is 1. The summed E-state index contributed by atoms with van der Waals surface area (Å²) in [7, 11) is 3.33. The van der Waals surface area contributed by atoms with Crippen LogP contribution >= 0.6 is 0 Å². The minimum Gasteiger partial charge on any atom is -0.496 e. The highest BCUT2D eigenvalue weighted by Crippen LogP contribution is 2.31. The topological polar surface area (TPSA) is 31.4 Å². The van der Waals surface area contributed by atoms with E-state index in [9.17, 15) is 0 Å². The van der Waals surface area contributed by atoms with Gasteiger partial charge in [0.1, 0.15) is 5.75 Å². The molecule has 3 heteroatoms. The van der Waals surface area contributed by atoms with E-state index in [0.717, 1.165) is 23.3 Å². The first-order valence-electron chi connectivity index (χ1n) is 5.96. The lowest BCUT2D eigenvalue weighted by molar-refractivity contribution is 0.399. The molecule has 0 N–H and O–H groups in total. The van der Waals surface area contributed by atoms with E-state index in [1.54, 1.807) is 20.4 Å². The summed E-state index contributed by atoms with van der Waals surface area (Å²) in [6.45, 7) is 2.11. The van der Waals surface area contributed by atoms with Gasteiger partial charge >= 0.3 is 0 Å². The van der Waals surface area contributed by atoms with Crippen LogP contribution in [-0.2, 0) is 6.42 Å². The lowest BCUT2D eigenvalue weighted by Crippen LogP contribution is -1.94. The van der Waals surface area contributed by atoms with Gasteiger partial charge in [0.15, 0.2) is 0 Å². The first-order chi connectivity index (χ1) is 8.80. The van der Waals surface area contributed by atoms with Crippen LogP contribution in [0.1, 0.15) is 12.5 Å². The smallest absolute Gasteiger partial charge is 0.221 e. The van der Waals surface area contributed by atoms with Gasteiger partial charge in [-0.3, -0.25) is 0 Å². The SMILES string of the molecule is CCc1cc(-c2cccnc2OC)ccc1OC. The summed E-state index contributed by atoms with van der Waals surface area (Å²) in [5, 5.41) is 0. The summed E-state index contributed by atoms with van der Waals surface area (Å²) in [4.78, 5) is 4.22. The minimum absolute atomic E-state index is 0.643. The van der Waals surface area contributed by atoms with Crippen molar-refractivity contribution < 1.29 is 9.47 Å². The van der Waals surface area contributed by atoms with Gasteiger partial charge in [0.25, 0.3) is 0 Å². The molecule has 0 aliphatic rings. The maximum atomic E-state index is 5.34. The number of rotatable bonds is 4. The Balaban J connectivity index is 2.51.